The van der Waals surface area contributed by atoms with E-state index in [1.807, 2.05) is 18.2 Å². The quantitative estimate of drug-likeness (QED) is 0.662. The number of urea groups is 1. The van der Waals surface area contributed by atoms with Gasteiger partial charge < -0.3 is 10.1 Å². The van der Waals surface area contributed by atoms with E-state index in [9.17, 15) is 9.59 Å². The van der Waals surface area contributed by atoms with Crippen molar-refractivity contribution in [2.24, 2.45) is 0 Å². The highest BCUT2D eigenvalue weighted by atomic mass is 16.5. The van der Waals surface area contributed by atoms with Crippen LogP contribution in [0.25, 0.3) is 0 Å². The first-order valence-electron chi connectivity index (χ1n) is 6.92. The lowest BCUT2D eigenvalue weighted by atomic mass is 10.2. The summed E-state index contributed by atoms with van der Waals surface area (Å²) in [5.74, 6) is -0.204. The minimum absolute atomic E-state index is 0.0620. The van der Waals surface area contributed by atoms with Crippen molar-refractivity contribution in [3.05, 3.63) is 29.8 Å². The predicted molar refractivity (Wildman–Crippen MR) is 76.8 cm³/mol. The Bertz CT molecular complexity index is 488. The van der Waals surface area contributed by atoms with Crippen LogP contribution in [0.4, 0.5) is 10.5 Å². The second kappa shape index (κ2) is 6.93. The van der Waals surface area contributed by atoms with Crippen LogP contribution in [-0.2, 0) is 16.0 Å². The number of unbranched alkanes of at least 4 members (excludes halogenated alkanes) is 1. The van der Waals surface area contributed by atoms with Gasteiger partial charge in [-0.05, 0) is 30.9 Å². The van der Waals surface area contributed by atoms with Crippen LogP contribution in [0.2, 0.25) is 0 Å². The summed E-state index contributed by atoms with van der Waals surface area (Å²) in [6.45, 7) is 1.31. The van der Waals surface area contributed by atoms with Crippen molar-refractivity contribution < 1.29 is 14.3 Å². The third kappa shape index (κ3) is 3.50. The third-order valence-corrected chi connectivity index (χ3v) is 3.44. The van der Waals surface area contributed by atoms with Crippen LogP contribution in [0.3, 0.4) is 0 Å². The van der Waals surface area contributed by atoms with Gasteiger partial charge in [0.25, 0.3) is 0 Å². The van der Waals surface area contributed by atoms with E-state index in [-0.39, 0.29) is 12.0 Å². The van der Waals surface area contributed by atoms with E-state index in [2.05, 4.69) is 16.1 Å². The summed E-state index contributed by atoms with van der Waals surface area (Å²) in [4.78, 5) is 24.8. The van der Waals surface area contributed by atoms with Gasteiger partial charge in [-0.1, -0.05) is 18.2 Å². The summed E-state index contributed by atoms with van der Waals surface area (Å²) in [5, 5.41) is 2.89. The fraction of sp³-hybridized carbons (Fsp3) is 0.467. The van der Waals surface area contributed by atoms with Crippen molar-refractivity contribution >= 4 is 17.7 Å². The molecule has 1 aliphatic heterocycles. The fourth-order valence-corrected chi connectivity index (χ4v) is 2.34. The smallest absolute Gasteiger partial charge is 0.321 e. The largest absolute Gasteiger partial charge is 0.469 e. The number of hydrogen-bond donors (Lipinski definition) is 1. The molecule has 0 saturated heterocycles. The van der Waals surface area contributed by atoms with Gasteiger partial charge >= 0.3 is 12.0 Å². The molecule has 1 aliphatic rings. The summed E-state index contributed by atoms with van der Waals surface area (Å²) < 4.78 is 4.56. The molecule has 1 aromatic carbocycles. The van der Waals surface area contributed by atoms with Gasteiger partial charge in [0.1, 0.15) is 0 Å². The first kappa shape index (κ1) is 14.4. The summed E-state index contributed by atoms with van der Waals surface area (Å²) in [5.41, 5.74) is 2.22. The standard InChI is InChI=1S/C15H20N2O3/c1-20-14(18)8-4-5-10-16-15(19)17-11-9-12-6-2-3-7-13(12)17/h2-3,6-7H,4-5,8-11H2,1H3,(H,16,19). The molecule has 5 nitrogen and oxygen atoms in total. The molecule has 0 atom stereocenters. The van der Waals surface area contributed by atoms with E-state index in [1.54, 1.807) is 4.90 Å². The van der Waals surface area contributed by atoms with E-state index < -0.39 is 0 Å². The molecule has 0 fully saturated rings. The lowest BCUT2D eigenvalue weighted by molar-refractivity contribution is -0.140. The van der Waals surface area contributed by atoms with Gasteiger partial charge in [0.15, 0.2) is 0 Å². The Morgan fingerprint density at radius 2 is 2.10 bits per heavy atom. The Kier molecular flexibility index (Phi) is 4.98. The minimum Gasteiger partial charge on any atom is -0.469 e. The van der Waals surface area contributed by atoms with Crippen LogP contribution in [0.1, 0.15) is 24.8 Å². The maximum Gasteiger partial charge on any atom is 0.321 e. The number of amides is 2. The van der Waals surface area contributed by atoms with Crippen LogP contribution < -0.4 is 10.2 Å². The van der Waals surface area contributed by atoms with Gasteiger partial charge in [-0.2, -0.15) is 0 Å². The molecule has 0 radical (unpaired) electrons. The molecular formula is C15H20N2O3. The van der Waals surface area contributed by atoms with Crippen molar-refractivity contribution in [2.45, 2.75) is 25.7 Å². The Morgan fingerprint density at radius 3 is 2.90 bits per heavy atom. The van der Waals surface area contributed by atoms with Gasteiger partial charge in [0.05, 0.1) is 7.11 Å². The Hall–Kier alpha value is -2.04. The third-order valence-electron chi connectivity index (χ3n) is 3.44. The molecule has 5 heteroatoms. The Morgan fingerprint density at radius 1 is 1.30 bits per heavy atom. The van der Waals surface area contributed by atoms with Crippen molar-refractivity contribution in [1.29, 1.82) is 0 Å². The summed E-state index contributed by atoms with van der Waals surface area (Å²) in [6, 6.07) is 7.90. The van der Waals surface area contributed by atoms with Gasteiger partial charge in [0.2, 0.25) is 0 Å². The summed E-state index contributed by atoms with van der Waals surface area (Å²) in [6.07, 6.45) is 2.81. The van der Waals surface area contributed by atoms with Crippen molar-refractivity contribution in [3.63, 3.8) is 0 Å². The Labute approximate surface area is 118 Å². The van der Waals surface area contributed by atoms with Gasteiger partial charge in [-0.15, -0.1) is 0 Å². The van der Waals surface area contributed by atoms with E-state index >= 15 is 0 Å². The SMILES string of the molecule is COC(=O)CCCCNC(=O)N1CCc2ccccc21. The summed E-state index contributed by atoms with van der Waals surface area (Å²) >= 11 is 0. The Balaban J connectivity index is 1.73. The number of hydrogen-bond acceptors (Lipinski definition) is 3. The van der Waals surface area contributed by atoms with E-state index in [1.165, 1.54) is 12.7 Å². The molecule has 0 bridgehead atoms. The fourth-order valence-electron chi connectivity index (χ4n) is 2.34. The maximum absolute atomic E-state index is 12.1. The van der Waals surface area contributed by atoms with Gasteiger partial charge in [-0.25, -0.2) is 4.79 Å². The highest BCUT2D eigenvalue weighted by Gasteiger charge is 2.23. The van der Waals surface area contributed by atoms with E-state index in [4.69, 9.17) is 0 Å². The van der Waals surface area contributed by atoms with Gasteiger partial charge in [0, 0.05) is 25.2 Å². The van der Waals surface area contributed by atoms with Crippen LogP contribution in [0.15, 0.2) is 24.3 Å². The zero-order valence-electron chi connectivity index (χ0n) is 11.7. The highest BCUT2D eigenvalue weighted by molar-refractivity contribution is 5.94. The number of benzene rings is 1. The molecule has 0 unspecified atom stereocenters. The maximum atomic E-state index is 12.1. The van der Waals surface area contributed by atoms with Gasteiger partial charge in [-0.3, -0.25) is 9.69 Å². The number of esters is 1. The predicted octanol–water partition coefficient (Wildman–Crippen LogP) is 2.10. The van der Waals surface area contributed by atoms with Crippen LogP contribution in [0.5, 0.6) is 0 Å². The molecule has 1 heterocycles. The van der Waals surface area contributed by atoms with E-state index in [0.29, 0.717) is 13.0 Å². The van der Waals surface area contributed by atoms with Crippen LogP contribution >= 0.6 is 0 Å². The number of anilines is 1. The molecule has 0 spiro atoms. The molecule has 1 N–H and O–H groups in total. The number of para-hydroxylation sites is 1. The number of fused-ring (bicyclic) bond motifs is 1. The highest BCUT2D eigenvalue weighted by Crippen LogP contribution is 2.27. The molecule has 108 valence electrons. The number of nitrogens with zero attached hydrogens (tertiary/aromatic N) is 1. The van der Waals surface area contributed by atoms with Crippen molar-refractivity contribution in [3.8, 4) is 0 Å². The normalized spacial score (nSPS) is 12.9. The van der Waals surface area contributed by atoms with Crippen molar-refractivity contribution in [1.82, 2.24) is 5.32 Å². The lowest BCUT2D eigenvalue weighted by Crippen LogP contribution is -2.39. The molecule has 1 aromatic rings. The van der Waals surface area contributed by atoms with Crippen LogP contribution in [0, 0.1) is 0 Å². The number of methoxy groups -OCH3 is 1. The minimum atomic E-state index is -0.204. The first-order chi connectivity index (χ1) is 9.72. The van der Waals surface area contributed by atoms with Crippen molar-refractivity contribution in [2.75, 3.05) is 25.1 Å². The summed E-state index contributed by atoms with van der Waals surface area (Å²) in [7, 11) is 1.38. The number of carbonyl (C=O) groups excluding carboxylic acids is 2. The van der Waals surface area contributed by atoms with Crippen LogP contribution in [-0.4, -0.2) is 32.2 Å². The zero-order valence-corrected chi connectivity index (χ0v) is 11.7. The molecule has 0 saturated carbocycles. The monoisotopic (exact) mass is 276 g/mol. The number of carbonyl (C=O) groups is 2. The molecule has 0 aliphatic carbocycles. The average molecular weight is 276 g/mol. The molecule has 0 aromatic heterocycles. The average Bonchev–Trinajstić information content (AvgIpc) is 2.90. The first-order valence-corrected chi connectivity index (χ1v) is 6.92. The second-order valence-electron chi connectivity index (χ2n) is 4.80. The van der Waals surface area contributed by atoms with E-state index in [0.717, 1.165) is 31.5 Å². The lowest BCUT2D eigenvalue weighted by Gasteiger charge is -2.17. The molecular weight excluding hydrogens is 256 g/mol. The molecule has 2 rings (SSSR count). The second-order valence-corrected chi connectivity index (χ2v) is 4.80. The number of nitrogens with one attached hydrogen (secondary N) is 1. The zero-order chi connectivity index (χ0) is 14.4. The number of ether oxygens (including phenoxy) is 1. The topological polar surface area (TPSA) is 58.6 Å². The molecule has 20 heavy (non-hydrogen) atoms. The molecule has 2 amide bonds. The number of rotatable bonds is 5.